The summed E-state index contributed by atoms with van der Waals surface area (Å²) >= 11 is 0. The predicted molar refractivity (Wildman–Crippen MR) is 127 cm³/mol. The highest BCUT2D eigenvalue weighted by Crippen LogP contribution is 2.24. The van der Waals surface area contributed by atoms with Crippen molar-refractivity contribution in [1.29, 1.82) is 0 Å². The molecule has 0 heteroatoms. The molecule has 0 saturated carbocycles. The molecule has 0 heterocycles. The van der Waals surface area contributed by atoms with Crippen molar-refractivity contribution in [3.8, 4) is 22.3 Å². The second-order valence-corrected chi connectivity index (χ2v) is 7.55. The topological polar surface area (TPSA) is 0 Å². The Hall–Kier alpha value is -3.12. The Labute approximate surface area is 175 Å². The van der Waals surface area contributed by atoms with Crippen LogP contribution in [-0.4, -0.2) is 0 Å². The van der Waals surface area contributed by atoms with Crippen LogP contribution in [0.2, 0.25) is 0 Å². The molecular formula is C29H30. The summed E-state index contributed by atoms with van der Waals surface area (Å²) < 4.78 is 0. The molecule has 0 fully saturated rings. The van der Waals surface area contributed by atoms with Crippen LogP contribution < -0.4 is 0 Å². The smallest absolute Gasteiger partial charge is 0.0155 e. The Morgan fingerprint density at radius 2 is 1.03 bits per heavy atom. The molecule has 0 amide bonds. The molecule has 0 bridgehead atoms. The molecule has 0 aliphatic rings. The van der Waals surface area contributed by atoms with E-state index in [-0.39, 0.29) is 0 Å². The van der Waals surface area contributed by atoms with Gasteiger partial charge in [-0.1, -0.05) is 110 Å². The minimum absolute atomic E-state index is 1.10. The molecule has 0 atom stereocenters. The fraction of sp³-hybridized carbons (Fsp3) is 0.172. The minimum atomic E-state index is 1.10. The number of aryl methyl sites for hydroxylation is 4. The van der Waals surface area contributed by atoms with E-state index in [4.69, 9.17) is 0 Å². The largest absolute Gasteiger partial charge is 0.0620 e. The minimum Gasteiger partial charge on any atom is -0.0620 e. The lowest BCUT2D eigenvalue weighted by Gasteiger charge is -2.07. The lowest BCUT2D eigenvalue weighted by atomic mass is 9.98. The monoisotopic (exact) mass is 378 g/mol. The fourth-order valence-corrected chi connectivity index (χ4v) is 3.56. The van der Waals surface area contributed by atoms with Crippen molar-refractivity contribution >= 4 is 0 Å². The highest BCUT2D eigenvalue weighted by molar-refractivity contribution is 5.68. The number of rotatable bonds is 3. The summed E-state index contributed by atoms with van der Waals surface area (Å²) in [5.41, 5.74) is 10.7. The number of hydrogen-bond acceptors (Lipinski definition) is 0. The standard InChI is InChI=1S/C15H16.C14H14/c1-3-13-8-6-9-14(11-13)15-10-5-4-7-12(15)2;1-11-6-5-8-13(10-11)14-9-4-3-7-12(14)2/h4-11H,3H2,1-2H3;3-10H,1-2H3. The van der Waals surface area contributed by atoms with Crippen LogP contribution >= 0.6 is 0 Å². The van der Waals surface area contributed by atoms with E-state index in [1.807, 2.05) is 0 Å². The lowest BCUT2D eigenvalue weighted by Crippen LogP contribution is -1.85. The van der Waals surface area contributed by atoms with Crippen LogP contribution in [0.25, 0.3) is 22.3 Å². The van der Waals surface area contributed by atoms with Crippen LogP contribution in [0.15, 0.2) is 97.1 Å². The van der Waals surface area contributed by atoms with E-state index in [9.17, 15) is 0 Å². The Kier molecular flexibility index (Phi) is 7.03. The maximum Gasteiger partial charge on any atom is -0.0155 e. The van der Waals surface area contributed by atoms with E-state index in [0.29, 0.717) is 0 Å². The van der Waals surface area contributed by atoms with Gasteiger partial charge in [0.15, 0.2) is 0 Å². The fourth-order valence-electron chi connectivity index (χ4n) is 3.56. The summed E-state index contributed by atoms with van der Waals surface area (Å²) in [7, 11) is 0. The van der Waals surface area contributed by atoms with Crippen molar-refractivity contribution in [2.45, 2.75) is 34.1 Å². The average Bonchev–Trinajstić information content (AvgIpc) is 2.75. The molecule has 0 unspecified atom stereocenters. The maximum atomic E-state index is 2.28. The van der Waals surface area contributed by atoms with Gasteiger partial charge in [0.25, 0.3) is 0 Å². The molecule has 4 aromatic rings. The van der Waals surface area contributed by atoms with Crippen molar-refractivity contribution in [2.75, 3.05) is 0 Å². The maximum absolute atomic E-state index is 2.28. The van der Waals surface area contributed by atoms with Gasteiger partial charge in [0, 0.05) is 0 Å². The summed E-state index contributed by atoms with van der Waals surface area (Å²) in [5.74, 6) is 0. The third-order valence-corrected chi connectivity index (χ3v) is 5.27. The molecule has 0 radical (unpaired) electrons. The Morgan fingerprint density at radius 1 is 0.517 bits per heavy atom. The number of benzene rings is 4. The molecule has 4 aromatic carbocycles. The molecule has 0 spiro atoms. The zero-order valence-electron chi connectivity index (χ0n) is 17.9. The van der Waals surface area contributed by atoms with Crippen LogP contribution in [-0.2, 0) is 6.42 Å². The number of hydrogen-bond donors (Lipinski definition) is 0. The molecule has 0 saturated heterocycles. The van der Waals surface area contributed by atoms with Crippen LogP contribution in [0.5, 0.6) is 0 Å². The van der Waals surface area contributed by atoms with Gasteiger partial charge in [-0.25, -0.2) is 0 Å². The van der Waals surface area contributed by atoms with Gasteiger partial charge in [0.2, 0.25) is 0 Å². The lowest BCUT2D eigenvalue weighted by molar-refractivity contribution is 1.14. The summed E-state index contributed by atoms with van der Waals surface area (Å²) in [6, 6.07) is 34.4. The zero-order valence-corrected chi connectivity index (χ0v) is 17.9. The van der Waals surface area contributed by atoms with Crippen molar-refractivity contribution in [2.24, 2.45) is 0 Å². The Morgan fingerprint density at radius 3 is 1.55 bits per heavy atom. The van der Waals surface area contributed by atoms with Gasteiger partial charge in [-0.3, -0.25) is 0 Å². The van der Waals surface area contributed by atoms with Gasteiger partial charge < -0.3 is 0 Å². The normalized spacial score (nSPS) is 10.2. The highest BCUT2D eigenvalue weighted by Gasteiger charge is 2.01. The quantitative estimate of drug-likeness (QED) is 0.337. The molecule has 0 aliphatic carbocycles. The van der Waals surface area contributed by atoms with Gasteiger partial charge in [-0.15, -0.1) is 0 Å². The van der Waals surface area contributed by atoms with Crippen LogP contribution in [0, 0.1) is 20.8 Å². The van der Waals surface area contributed by atoms with Crippen molar-refractivity contribution in [1.82, 2.24) is 0 Å². The van der Waals surface area contributed by atoms with Crippen molar-refractivity contribution < 1.29 is 0 Å². The molecule has 4 rings (SSSR count). The van der Waals surface area contributed by atoms with Gasteiger partial charge in [-0.2, -0.15) is 0 Å². The average molecular weight is 379 g/mol. The zero-order chi connectivity index (χ0) is 20.6. The van der Waals surface area contributed by atoms with Crippen LogP contribution in [0.4, 0.5) is 0 Å². The Balaban J connectivity index is 0.000000166. The molecule has 0 aliphatic heterocycles. The summed E-state index contributed by atoms with van der Waals surface area (Å²) in [4.78, 5) is 0. The molecule has 146 valence electrons. The molecule has 0 N–H and O–H groups in total. The second-order valence-electron chi connectivity index (χ2n) is 7.55. The summed E-state index contributed by atoms with van der Waals surface area (Å²) in [5, 5.41) is 0. The van der Waals surface area contributed by atoms with E-state index in [1.165, 1.54) is 44.5 Å². The van der Waals surface area contributed by atoms with E-state index in [0.717, 1.165) is 6.42 Å². The van der Waals surface area contributed by atoms with Crippen molar-refractivity contribution in [3.63, 3.8) is 0 Å². The van der Waals surface area contributed by atoms with E-state index >= 15 is 0 Å². The second kappa shape index (κ2) is 9.89. The molecule has 0 nitrogen and oxygen atoms in total. The molecule has 0 aromatic heterocycles. The highest BCUT2D eigenvalue weighted by atomic mass is 14.1. The third kappa shape index (κ3) is 5.45. The predicted octanol–water partition coefficient (Wildman–Crippen LogP) is 8.19. The van der Waals surface area contributed by atoms with E-state index < -0.39 is 0 Å². The van der Waals surface area contributed by atoms with Gasteiger partial charge in [-0.05, 0) is 66.1 Å². The molecular weight excluding hydrogens is 348 g/mol. The first-order chi connectivity index (χ1) is 14.1. The van der Waals surface area contributed by atoms with E-state index in [1.54, 1.807) is 0 Å². The van der Waals surface area contributed by atoms with Gasteiger partial charge in [0.05, 0.1) is 0 Å². The summed E-state index contributed by atoms with van der Waals surface area (Å²) in [6.07, 6.45) is 1.10. The summed E-state index contributed by atoms with van der Waals surface area (Å²) in [6.45, 7) is 8.63. The SMILES string of the molecule is CCc1cccc(-c2ccccc2C)c1.Cc1cccc(-c2ccccc2C)c1. The first-order valence-corrected chi connectivity index (χ1v) is 10.4. The third-order valence-electron chi connectivity index (χ3n) is 5.27. The first kappa shape index (κ1) is 20.6. The van der Waals surface area contributed by atoms with Crippen LogP contribution in [0.3, 0.4) is 0 Å². The van der Waals surface area contributed by atoms with Crippen LogP contribution in [0.1, 0.15) is 29.2 Å². The van der Waals surface area contributed by atoms with Crippen molar-refractivity contribution in [3.05, 3.63) is 119 Å². The van der Waals surface area contributed by atoms with Gasteiger partial charge >= 0.3 is 0 Å². The first-order valence-electron chi connectivity index (χ1n) is 10.4. The Bertz CT molecular complexity index is 1070. The van der Waals surface area contributed by atoms with E-state index in [2.05, 4.69) is 125 Å². The molecule has 29 heavy (non-hydrogen) atoms. The van der Waals surface area contributed by atoms with Gasteiger partial charge in [0.1, 0.15) is 0 Å².